The lowest BCUT2D eigenvalue weighted by Crippen LogP contribution is -2.12. The van der Waals surface area contributed by atoms with Crippen molar-refractivity contribution in [3.63, 3.8) is 0 Å². The van der Waals surface area contributed by atoms with Crippen LogP contribution in [0, 0.1) is 0 Å². The highest BCUT2D eigenvalue weighted by atomic mass is 16.5. The van der Waals surface area contributed by atoms with Crippen LogP contribution in [-0.4, -0.2) is 18.0 Å². The average Bonchev–Trinajstić information content (AvgIpc) is 2.63. The molecule has 24 heavy (non-hydrogen) atoms. The summed E-state index contributed by atoms with van der Waals surface area (Å²) in [6.45, 7) is 0. The van der Waals surface area contributed by atoms with Gasteiger partial charge in [-0.15, -0.1) is 0 Å². The standard InChI is InChI=1S/C19H17N3O2/c1-24-17-9-5-8-16(13-17)21-18-12-14(10-11-20-18)19(23)22-15-6-3-2-4-7-15/h2-13H,1H3,(H,20,21)(H,22,23). The lowest BCUT2D eigenvalue weighted by Gasteiger charge is -2.09. The minimum atomic E-state index is -0.183. The van der Waals surface area contributed by atoms with Gasteiger partial charge in [-0.2, -0.15) is 0 Å². The van der Waals surface area contributed by atoms with Crippen molar-refractivity contribution in [2.24, 2.45) is 0 Å². The normalized spacial score (nSPS) is 10.0. The topological polar surface area (TPSA) is 63.2 Å². The Hall–Kier alpha value is -3.34. The molecule has 0 atom stereocenters. The third-order valence-electron chi connectivity index (χ3n) is 3.40. The Bertz CT molecular complexity index is 835. The zero-order chi connectivity index (χ0) is 16.8. The molecule has 1 aromatic heterocycles. The van der Waals surface area contributed by atoms with Crippen LogP contribution in [0.5, 0.6) is 5.75 Å². The molecule has 0 aliphatic carbocycles. The van der Waals surface area contributed by atoms with Crippen LogP contribution in [0.25, 0.3) is 0 Å². The van der Waals surface area contributed by atoms with Gasteiger partial charge < -0.3 is 15.4 Å². The maximum atomic E-state index is 12.3. The number of aromatic nitrogens is 1. The molecule has 0 spiro atoms. The minimum Gasteiger partial charge on any atom is -0.497 e. The van der Waals surface area contributed by atoms with Gasteiger partial charge in [-0.25, -0.2) is 4.98 Å². The molecule has 3 aromatic rings. The molecule has 0 aliphatic rings. The largest absolute Gasteiger partial charge is 0.497 e. The number of rotatable bonds is 5. The van der Waals surface area contributed by atoms with Crippen LogP contribution in [0.4, 0.5) is 17.2 Å². The van der Waals surface area contributed by atoms with E-state index in [0.717, 1.165) is 17.1 Å². The fourth-order valence-corrected chi connectivity index (χ4v) is 2.21. The van der Waals surface area contributed by atoms with Gasteiger partial charge in [-0.1, -0.05) is 24.3 Å². The van der Waals surface area contributed by atoms with Crippen molar-refractivity contribution < 1.29 is 9.53 Å². The Kier molecular flexibility index (Phi) is 4.72. The number of carbonyl (C=O) groups is 1. The number of carbonyl (C=O) groups excluding carboxylic acids is 1. The van der Waals surface area contributed by atoms with Gasteiger partial charge in [-0.3, -0.25) is 4.79 Å². The molecule has 5 nitrogen and oxygen atoms in total. The number of hydrogen-bond donors (Lipinski definition) is 2. The lowest BCUT2D eigenvalue weighted by atomic mass is 10.2. The highest BCUT2D eigenvalue weighted by molar-refractivity contribution is 6.04. The zero-order valence-corrected chi connectivity index (χ0v) is 13.2. The first-order valence-corrected chi connectivity index (χ1v) is 7.48. The van der Waals surface area contributed by atoms with Crippen LogP contribution in [0.1, 0.15) is 10.4 Å². The van der Waals surface area contributed by atoms with Crippen molar-refractivity contribution in [1.29, 1.82) is 0 Å². The maximum absolute atomic E-state index is 12.3. The van der Waals surface area contributed by atoms with Gasteiger partial charge in [0.15, 0.2) is 0 Å². The summed E-state index contributed by atoms with van der Waals surface area (Å²) in [6.07, 6.45) is 1.60. The monoisotopic (exact) mass is 319 g/mol. The third kappa shape index (κ3) is 3.89. The zero-order valence-electron chi connectivity index (χ0n) is 13.2. The van der Waals surface area contributed by atoms with Crippen LogP contribution in [-0.2, 0) is 0 Å². The van der Waals surface area contributed by atoms with Gasteiger partial charge in [-0.05, 0) is 36.4 Å². The SMILES string of the molecule is COc1cccc(Nc2cc(C(=O)Nc3ccccc3)ccn2)c1. The quantitative estimate of drug-likeness (QED) is 0.743. The number of hydrogen-bond acceptors (Lipinski definition) is 4. The molecule has 120 valence electrons. The van der Waals surface area contributed by atoms with Gasteiger partial charge in [0.1, 0.15) is 11.6 Å². The Balaban J connectivity index is 1.75. The van der Waals surface area contributed by atoms with Crippen LogP contribution in [0.3, 0.4) is 0 Å². The maximum Gasteiger partial charge on any atom is 0.255 e. The number of methoxy groups -OCH3 is 1. The van der Waals surface area contributed by atoms with Crippen LogP contribution >= 0.6 is 0 Å². The van der Waals surface area contributed by atoms with E-state index in [1.54, 1.807) is 25.4 Å². The summed E-state index contributed by atoms with van der Waals surface area (Å²) < 4.78 is 5.20. The predicted octanol–water partition coefficient (Wildman–Crippen LogP) is 4.09. The van der Waals surface area contributed by atoms with E-state index in [-0.39, 0.29) is 5.91 Å². The number of nitrogens with zero attached hydrogens (tertiary/aromatic N) is 1. The minimum absolute atomic E-state index is 0.183. The van der Waals surface area contributed by atoms with Crippen molar-refractivity contribution in [3.8, 4) is 5.75 Å². The summed E-state index contributed by atoms with van der Waals surface area (Å²) in [4.78, 5) is 16.6. The number of para-hydroxylation sites is 1. The van der Waals surface area contributed by atoms with E-state index in [9.17, 15) is 4.79 Å². The van der Waals surface area contributed by atoms with Crippen LogP contribution < -0.4 is 15.4 Å². The van der Waals surface area contributed by atoms with E-state index in [2.05, 4.69) is 15.6 Å². The van der Waals surface area contributed by atoms with E-state index in [1.165, 1.54) is 0 Å². The Morgan fingerprint density at radius 2 is 1.75 bits per heavy atom. The number of nitrogens with one attached hydrogen (secondary N) is 2. The van der Waals surface area contributed by atoms with Crippen molar-refractivity contribution in [3.05, 3.63) is 78.5 Å². The highest BCUT2D eigenvalue weighted by Crippen LogP contribution is 2.21. The van der Waals surface area contributed by atoms with E-state index < -0.39 is 0 Å². The molecule has 1 amide bonds. The van der Waals surface area contributed by atoms with Crippen molar-refractivity contribution >= 4 is 23.1 Å². The van der Waals surface area contributed by atoms with Gasteiger partial charge in [0, 0.05) is 29.2 Å². The Morgan fingerprint density at radius 3 is 2.54 bits per heavy atom. The Morgan fingerprint density at radius 1 is 0.958 bits per heavy atom. The van der Waals surface area contributed by atoms with Crippen LogP contribution in [0.2, 0.25) is 0 Å². The first-order valence-electron chi connectivity index (χ1n) is 7.48. The molecule has 0 fully saturated rings. The van der Waals surface area contributed by atoms with E-state index in [0.29, 0.717) is 11.4 Å². The molecule has 2 N–H and O–H groups in total. The highest BCUT2D eigenvalue weighted by Gasteiger charge is 2.07. The first kappa shape index (κ1) is 15.6. The molecular formula is C19H17N3O2. The summed E-state index contributed by atoms with van der Waals surface area (Å²) in [6, 6.07) is 20.2. The van der Waals surface area contributed by atoms with Crippen molar-refractivity contribution in [2.75, 3.05) is 17.7 Å². The molecule has 0 aliphatic heterocycles. The van der Waals surface area contributed by atoms with E-state index in [4.69, 9.17) is 4.74 Å². The van der Waals surface area contributed by atoms with Crippen molar-refractivity contribution in [1.82, 2.24) is 4.98 Å². The molecule has 0 bridgehead atoms. The summed E-state index contributed by atoms with van der Waals surface area (Å²) in [5.74, 6) is 1.15. The molecule has 0 unspecified atom stereocenters. The molecule has 1 heterocycles. The first-order chi connectivity index (χ1) is 11.7. The molecule has 5 heteroatoms. The second-order valence-corrected chi connectivity index (χ2v) is 5.11. The predicted molar refractivity (Wildman–Crippen MR) is 94.9 cm³/mol. The van der Waals surface area contributed by atoms with E-state index in [1.807, 2.05) is 54.6 Å². The number of pyridine rings is 1. The van der Waals surface area contributed by atoms with Gasteiger partial charge in [0.25, 0.3) is 5.91 Å². The fourth-order valence-electron chi connectivity index (χ4n) is 2.21. The number of ether oxygens (including phenoxy) is 1. The summed E-state index contributed by atoms with van der Waals surface area (Å²) in [7, 11) is 1.62. The average molecular weight is 319 g/mol. The van der Waals surface area contributed by atoms with E-state index >= 15 is 0 Å². The molecular weight excluding hydrogens is 302 g/mol. The number of anilines is 3. The summed E-state index contributed by atoms with van der Waals surface area (Å²) in [5.41, 5.74) is 2.11. The smallest absolute Gasteiger partial charge is 0.255 e. The molecule has 0 radical (unpaired) electrons. The lowest BCUT2D eigenvalue weighted by molar-refractivity contribution is 0.102. The van der Waals surface area contributed by atoms with Gasteiger partial charge in [0.05, 0.1) is 7.11 Å². The fraction of sp³-hybridized carbons (Fsp3) is 0.0526. The van der Waals surface area contributed by atoms with Gasteiger partial charge in [0.2, 0.25) is 0 Å². The van der Waals surface area contributed by atoms with Gasteiger partial charge >= 0.3 is 0 Å². The molecule has 3 rings (SSSR count). The molecule has 0 saturated carbocycles. The molecule has 2 aromatic carbocycles. The number of amides is 1. The molecule has 0 saturated heterocycles. The summed E-state index contributed by atoms with van der Waals surface area (Å²) in [5, 5.41) is 6.02. The third-order valence-corrected chi connectivity index (χ3v) is 3.40. The van der Waals surface area contributed by atoms with Crippen molar-refractivity contribution in [2.45, 2.75) is 0 Å². The summed E-state index contributed by atoms with van der Waals surface area (Å²) >= 11 is 0. The van der Waals surface area contributed by atoms with Crippen LogP contribution in [0.15, 0.2) is 72.9 Å². The Labute approximate surface area is 140 Å². The second kappa shape index (κ2) is 7.28. The second-order valence-electron chi connectivity index (χ2n) is 5.11. The number of benzene rings is 2.